The Bertz CT molecular complexity index is 567. The Balaban J connectivity index is 2.48. The molecule has 1 saturated heterocycles. The minimum absolute atomic E-state index is 0.0555. The average molecular weight is 291 g/mol. The van der Waals surface area contributed by atoms with Gasteiger partial charge in [0, 0.05) is 30.9 Å². The van der Waals surface area contributed by atoms with Gasteiger partial charge in [0.25, 0.3) is 0 Å². The van der Waals surface area contributed by atoms with Crippen molar-refractivity contribution in [2.24, 2.45) is 10.9 Å². The van der Waals surface area contributed by atoms with Gasteiger partial charge >= 0.3 is 0 Å². The first-order valence-corrected chi connectivity index (χ1v) is 7.18. The molecule has 0 aliphatic carbocycles. The summed E-state index contributed by atoms with van der Waals surface area (Å²) >= 11 is 0. The van der Waals surface area contributed by atoms with E-state index in [9.17, 15) is 0 Å². The highest BCUT2D eigenvalue weighted by atomic mass is 16.4. The number of pyridine rings is 1. The number of oxime groups is 1. The quantitative estimate of drug-likeness (QED) is 0.372. The van der Waals surface area contributed by atoms with Crippen LogP contribution in [0, 0.1) is 13.8 Å². The van der Waals surface area contributed by atoms with Gasteiger partial charge < -0.3 is 15.8 Å². The number of aromatic nitrogens is 1. The second-order valence-corrected chi connectivity index (χ2v) is 6.42. The number of rotatable bonds is 2. The fourth-order valence-corrected chi connectivity index (χ4v) is 2.83. The molecule has 3 N–H and O–H groups in total. The third kappa shape index (κ3) is 2.95. The first kappa shape index (κ1) is 15.6. The number of anilines is 1. The minimum atomic E-state index is 0.0555. The van der Waals surface area contributed by atoms with Gasteiger partial charge in [0.05, 0.1) is 5.56 Å². The molecule has 2 heterocycles. The number of piperazine rings is 1. The van der Waals surface area contributed by atoms with Crippen molar-refractivity contribution >= 4 is 11.7 Å². The molecule has 1 aliphatic rings. The predicted molar refractivity (Wildman–Crippen MR) is 85.1 cm³/mol. The molecule has 0 radical (unpaired) electrons. The van der Waals surface area contributed by atoms with Gasteiger partial charge in [0.15, 0.2) is 5.84 Å². The lowest BCUT2D eigenvalue weighted by Gasteiger charge is -2.46. The number of aryl methyl sites for hydroxylation is 2. The molecule has 0 aromatic carbocycles. The molecule has 0 saturated carbocycles. The Hall–Kier alpha value is -1.82. The monoisotopic (exact) mass is 291 g/mol. The molecule has 116 valence electrons. The summed E-state index contributed by atoms with van der Waals surface area (Å²) in [6, 6.07) is 1.96. The van der Waals surface area contributed by atoms with Crippen molar-refractivity contribution in [2.45, 2.75) is 33.2 Å². The zero-order chi connectivity index (χ0) is 15.8. The number of amidine groups is 1. The Morgan fingerprint density at radius 1 is 1.38 bits per heavy atom. The minimum Gasteiger partial charge on any atom is -0.409 e. The van der Waals surface area contributed by atoms with Crippen LogP contribution < -0.4 is 10.6 Å². The van der Waals surface area contributed by atoms with Crippen LogP contribution in [0.3, 0.4) is 0 Å². The van der Waals surface area contributed by atoms with Gasteiger partial charge in [-0.1, -0.05) is 5.16 Å². The van der Waals surface area contributed by atoms with E-state index in [0.29, 0.717) is 0 Å². The third-order valence-electron chi connectivity index (χ3n) is 4.31. The predicted octanol–water partition coefficient (Wildman–Crippen LogP) is 1.32. The van der Waals surface area contributed by atoms with E-state index in [0.717, 1.165) is 42.3 Å². The Kier molecular flexibility index (Phi) is 4.09. The van der Waals surface area contributed by atoms with Crippen LogP contribution in [0.1, 0.15) is 30.7 Å². The van der Waals surface area contributed by atoms with Crippen molar-refractivity contribution in [1.82, 2.24) is 9.88 Å². The maximum Gasteiger partial charge on any atom is 0.174 e. The van der Waals surface area contributed by atoms with Crippen molar-refractivity contribution in [2.75, 3.05) is 31.6 Å². The summed E-state index contributed by atoms with van der Waals surface area (Å²) < 4.78 is 0. The largest absolute Gasteiger partial charge is 0.409 e. The van der Waals surface area contributed by atoms with Gasteiger partial charge in [-0.05, 0) is 46.4 Å². The zero-order valence-corrected chi connectivity index (χ0v) is 13.5. The number of likely N-dealkylation sites (N-methyl/N-ethyl adjacent to an activating group) is 1. The van der Waals surface area contributed by atoms with Crippen LogP contribution in [0.15, 0.2) is 11.2 Å². The van der Waals surface area contributed by atoms with Gasteiger partial charge in [-0.15, -0.1) is 0 Å². The van der Waals surface area contributed by atoms with Crippen molar-refractivity contribution in [3.05, 3.63) is 22.9 Å². The van der Waals surface area contributed by atoms with E-state index >= 15 is 0 Å². The fourth-order valence-electron chi connectivity index (χ4n) is 2.83. The molecule has 0 bridgehead atoms. The SMILES string of the molecule is Cc1cc(C)c(C(N)=NO)c(N2CCN(C)C(C)(C)C2)n1. The molecule has 1 aromatic heterocycles. The van der Waals surface area contributed by atoms with E-state index in [1.807, 2.05) is 19.9 Å². The van der Waals surface area contributed by atoms with E-state index in [2.05, 4.69) is 40.8 Å². The smallest absolute Gasteiger partial charge is 0.174 e. The average Bonchev–Trinajstić information content (AvgIpc) is 2.40. The summed E-state index contributed by atoms with van der Waals surface area (Å²) in [7, 11) is 2.14. The van der Waals surface area contributed by atoms with Crippen LogP contribution in [0.25, 0.3) is 0 Å². The number of hydrogen-bond acceptors (Lipinski definition) is 5. The molecule has 21 heavy (non-hydrogen) atoms. The number of nitrogens with zero attached hydrogens (tertiary/aromatic N) is 4. The second kappa shape index (κ2) is 5.52. The Morgan fingerprint density at radius 3 is 2.62 bits per heavy atom. The molecule has 2 rings (SSSR count). The van der Waals surface area contributed by atoms with Crippen LogP contribution >= 0.6 is 0 Å². The topological polar surface area (TPSA) is 78.0 Å². The molecule has 6 heteroatoms. The maximum absolute atomic E-state index is 9.06. The molecule has 0 spiro atoms. The van der Waals surface area contributed by atoms with E-state index in [1.54, 1.807) is 0 Å². The molecule has 1 fully saturated rings. The van der Waals surface area contributed by atoms with E-state index < -0.39 is 0 Å². The normalized spacial score (nSPS) is 19.9. The highest BCUT2D eigenvalue weighted by Gasteiger charge is 2.33. The first-order valence-electron chi connectivity index (χ1n) is 7.18. The van der Waals surface area contributed by atoms with Gasteiger partial charge in [-0.3, -0.25) is 4.90 Å². The van der Waals surface area contributed by atoms with Crippen LogP contribution in [-0.4, -0.2) is 53.1 Å². The van der Waals surface area contributed by atoms with Crippen LogP contribution in [-0.2, 0) is 0 Å². The van der Waals surface area contributed by atoms with Crippen LogP contribution in [0.2, 0.25) is 0 Å². The first-order chi connectivity index (χ1) is 9.76. The maximum atomic E-state index is 9.06. The molecule has 6 nitrogen and oxygen atoms in total. The molecule has 1 aliphatic heterocycles. The number of hydrogen-bond donors (Lipinski definition) is 2. The van der Waals surface area contributed by atoms with Crippen LogP contribution in [0.4, 0.5) is 5.82 Å². The summed E-state index contributed by atoms with van der Waals surface area (Å²) in [5.74, 6) is 0.927. The Morgan fingerprint density at radius 2 is 2.05 bits per heavy atom. The fraction of sp³-hybridized carbons (Fsp3) is 0.600. The summed E-state index contributed by atoms with van der Waals surface area (Å²) in [6.45, 7) is 11.0. The molecule has 0 unspecified atom stereocenters. The van der Waals surface area contributed by atoms with E-state index in [-0.39, 0.29) is 11.4 Å². The highest BCUT2D eigenvalue weighted by molar-refractivity contribution is 6.02. The lowest BCUT2D eigenvalue weighted by atomic mass is 9.98. The van der Waals surface area contributed by atoms with E-state index in [4.69, 9.17) is 10.9 Å². The third-order valence-corrected chi connectivity index (χ3v) is 4.31. The summed E-state index contributed by atoms with van der Waals surface area (Å²) in [5, 5.41) is 12.2. The Labute approximate surface area is 126 Å². The zero-order valence-electron chi connectivity index (χ0n) is 13.5. The second-order valence-electron chi connectivity index (χ2n) is 6.42. The molecule has 0 atom stereocenters. The van der Waals surface area contributed by atoms with Crippen molar-refractivity contribution < 1.29 is 5.21 Å². The van der Waals surface area contributed by atoms with Crippen molar-refractivity contribution in [3.8, 4) is 0 Å². The molecule has 1 aromatic rings. The lowest BCUT2D eigenvalue weighted by Crippen LogP contribution is -2.58. The van der Waals surface area contributed by atoms with Crippen molar-refractivity contribution in [3.63, 3.8) is 0 Å². The van der Waals surface area contributed by atoms with Crippen LogP contribution in [0.5, 0.6) is 0 Å². The molecular formula is C15H25N5O. The summed E-state index contributed by atoms with van der Waals surface area (Å²) in [4.78, 5) is 9.22. The number of nitrogens with two attached hydrogens (primary N) is 1. The summed E-state index contributed by atoms with van der Waals surface area (Å²) in [5.41, 5.74) is 8.57. The van der Waals surface area contributed by atoms with Gasteiger partial charge in [-0.25, -0.2) is 4.98 Å². The molecule has 0 amide bonds. The van der Waals surface area contributed by atoms with E-state index in [1.165, 1.54) is 0 Å². The highest BCUT2D eigenvalue weighted by Crippen LogP contribution is 2.27. The van der Waals surface area contributed by atoms with Gasteiger partial charge in [0.1, 0.15) is 5.82 Å². The standard InChI is InChI=1S/C15H25N5O/c1-10-8-11(2)17-14(12(10)13(16)18-21)20-7-6-19(5)15(3,4)9-20/h8,21H,6-7,9H2,1-5H3,(H2,16,18). The van der Waals surface area contributed by atoms with Crippen molar-refractivity contribution in [1.29, 1.82) is 0 Å². The lowest BCUT2D eigenvalue weighted by molar-refractivity contribution is 0.138. The van der Waals surface area contributed by atoms with Gasteiger partial charge in [0.2, 0.25) is 0 Å². The molecular weight excluding hydrogens is 266 g/mol. The van der Waals surface area contributed by atoms with Gasteiger partial charge in [-0.2, -0.15) is 0 Å². The summed E-state index contributed by atoms with van der Waals surface area (Å²) in [6.07, 6.45) is 0.